The van der Waals surface area contributed by atoms with Gasteiger partial charge in [0.25, 0.3) is 0 Å². The Kier molecular flexibility index (Phi) is 4.68. The number of halogens is 1. The highest BCUT2D eigenvalue weighted by molar-refractivity contribution is 9.10. The Labute approximate surface area is 114 Å². The zero-order valence-corrected chi connectivity index (χ0v) is 12.0. The molecule has 0 amide bonds. The van der Waals surface area contributed by atoms with E-state index in [9.17, 15) is 8.42 Å². The third-order valence-electron chi connectivity index (χ3n) is 2.50. The number of morpholine rings is 1. The summed E-state index contributed by atoms with van der Waals surface area (Å²) in [7, 11) is -3.53. The first kappa shape index (κ1) is 13.9. The van der Waals surface area contributed by atoms with Gasteiger partial charge in [0.15, 0.2) is 0 Å². The van der Waals surface area contributed by atoms with Gasteiger partial charge in [-0.25, -0.2) is 13.1 Å². The van der Waals surface area contributed by atoms with Gasteiger partial charge in [0.1, 0.15) is 4.90 Å². The van der Waals surface area contributed by atoms with E-state index in [0.29, 0.717) is 17.6 Å². The number of nitrogens with one attached hydrogen (secondary N) is 2. The van der Waals surface area contributed by atoms with E-state index in [2.05, 4.69) is 31.0 Å². The molecule has 0 aliphatic carbocycles. The molecule has 1 aliphatic rings. The number of hydrogen-bond donors (Lipinski definition) is 2. The highest BCUT2D eigenvalue weighted by atomic mass is 79.9. The maximum atomic E-state index is 12.0. The minimum Gasteiger partial charge on any atom is -0.374 e. The highest BCUT2D eigenvalue weighted by Crippen LogP contribution is 2.14. The van der Waals surface area contributed by atoms with E-state index in [1.807, 2.05) is 0 Å². The third-order valence-corrected chi connectivity index (χ3v) is 4.32. The first-order valence-electron chi connectivity index (χ1n) is 5.50. The number of aromatic nitrogens is 1. The fourth-order valence-electron chi connectivity index (χ4n) is 1.58. The molecule has 0 saturated carbocycles. The molecule has 0 aromatic carbocycles. The maximum Gasteiger partial charge on any atom is 0.242 e. The van der Waals surface area contributed by atoms with Crippen LogP contribution in [-0.4, -0.2) is 45.7 Å². The lowest BCUT2D eigenvalue weighted by Gasteiger charge is -2.23. The molecule has 8 heteroatoms. The van der Waals surface area contributed by atoms with Crippen molar-refractivity contribution in [1.29, 1.82) is 0 Å². The molecule has 1 aliphatic heterocycles. The first-order valence-corrected chi connectivity index (χ1v) is 7.78. The zero-order valence-electron chi connectivity index (χ0n) is 9.60. The molecule has 100 valence electrons. The number of pyridine rings is 1. The van der Waals surface area contributed by atoms with Gasteiger partial charge in [-0.1, -0.05) is 0 Å². The molecule has 1 atom stereocenters. The molecule has 0 spiro atoms. The van der Waals surface area contributed by atoms with Gasteiger partial charge in [-0.2, -0.15) is 0 Å². The topological polar surface area (TPSA) is 80.3 Å². The van der Waals surface area contributed by atoms with Crippen LogP contribution in [0.5, 0.6) is 0 Å². The summed E-state index contributed by atoms with van der Waals surface area (Å²) in [4.78, 5) is 3.98. The second kappa shape index (κ2) is 6.07. The minimum atomic E-state index is -3.53. The van der Waals surface area contributed by atoms with Crippen molar-refractivity contribution in [3.63, 3.8) is 0 Å². The van der Waals surface area contributed by atoms with Crippen LogP contribution in [0.3, 0.4) is 0 Å². The van der Waals surface area contributed by atoms with Crippen LogP contribution < -0.4 is 10.0 Å². The zero-order chi connectivity index (χ0) is 13.0. The largest absolute Gasteiger partial charge is 0.374 e. The number of hydrogen-bond acceptors (Lipinski definition) is 5. The molecule has 1 fully saturated rings. The van der Waals surface area contributed by atoms with Crippen molar-refractivity contribution in [2.45, 2.75) is 11.0 Å². The Morgan fingerprint density at radius 3 is 3.06 bits per heavy atom. The standard InChI is InChI=1S/C10H14BrN3O3S/c11-8-3-10(7-13-4-8)18(15,16)14-6-9-5-12-1-2-17-9/h3-4,7,9,12,14H,1-2,5-6H2. The van der Waals surface area contributed by atoms with Crippen LogP contribution in [-0.2, 0) is 14.8 Å². The first-order chi connectivity index (χ1) is 8.58. The Hall–Kier alpha value is -0.540. The van der Waals surface area contributed by atoms with Gasteiger partial charge in [0, 0.05) is 36.5 Å². The van der Waals surface area contributed by atoms with Crippen molar-refractivity contribution < 1.29 is 13.2 Å². The summed E-state index contributed by atoms with van der Waals surface area (Å²) < 4.78 is 32.5. The number of nitrogens with zero attached hydrogens (tertiary/aromatic N) is 1. The van der Waals surface area contributed by atoms with Gasteiger partial charge in [-0.05, 0) is 22.0 Å². The third kappa shape index (κ3) is 3.72. The van der Waals surface area contributed by atoms with Gasteiger partial charge in [0.05, 0.1) is 12.7 Å². The molecular weight excluding hydrogens is 322 g/mol. The van der Waals surface area contributed by atoms with E-state index in [-0.39, 0.29) is 17.5 Å². The molecule has 1 aromatic rings. The molecule has 1 saturated heterocycles. The van der Waals surface area contributed by atoms with E-state index in [4.69, 9.17) is 4.74 Å². The van der Waals surface area contributed by atoms with Gasteiger partial charge in [0.2, 0.25) is 10.0 Å². The van der Waals surface area contributed by atoms with E-state index in [0.717, 1.165) is 6.54 Å². The monoisotopic (exact) mass is 335 g/mol. The van der Waals surface area contributed by atoms with Crippen molar-refractivity contribution in [2.24, 2.45) is 0 Å². The molecule has 2 rings (SSSR count). The van der Waals surface area contributed by atoms with Crippen LogP contribution in [0.1, 0.15) is 0 Å². The Morgan fingerprint density at radius 1 is 1.56 bits per heavy atom. The summed E-state index contributed by atoms with van der Waals surface area (Å²) in [6.07, 6.45) is 2.72. The maximum absolute atomic E-state index is 12.0. The fourth-order valence-corrected chi connectivity index (χ4v) is 3.15. The van der Waals surface area contributed by atoms with Gasteiger partial charge in [-0.3, -0.25) is 4.98 Å². The molecule has 6 nitrogen and oxygen atoms in total. The Balaban J connectivity index is 1.98. The Bertz CT molecular complexity index is 503. The van der Waals surface area contributed by atoms with Crippen LogP contribution in [0.25, 0.3) is 0 Å². The van der Waals surface area contributed by atoms with E-state index in [1.165, 1.54) is 18.5 Å². The van der Waals surface area contributed by atoms with E-state index < -0.39 is 10.0 Å². The van der Waals surface area contributed by atoms with Crippen LogP contribution in [0.4, 0.5) is 0 Å². The number of rotatable bonds is 4. The summed E-state index contributed by atoms with van der Waals surface area (Å²) in [5.74, 6) is 0. The molecule has 2 N–H and O–H groups in total. The van der Waals surface area contributed by atoms with Crippen molar-refractivity contribution >= 4 is 26.0 Å². The SMILES string of the molecule is O=S(=O)(NCC1CNCCO1)c1cncc(Br)c1. The molecular formula is C10H14BrN3O3S. The van der Waals surface area contributed by atoms with Crippen LogP contribution in [0.2, 0.25) is 0 Å². The number of ether oxygens (including phenoxy) is 1. The van der Waals surface area contributed by atoms with Crippen LogP contribution in [0, 0.1) is 0 Å². The normalized spacial score (nSPS) is 20.8. The summed E-state index contributed by atoms with van der Waals surface area (Å²) in [6.45, 7) is 2.31. The quantitative estimate of drug-likeness (QED) is 0.816. The van der Waals surface area contributed by atoms with Crippen molar-refractivity contribution in [2.75, 3.05) is 26.2 Å². The number of sulfonamides is 1. The van der Waals surface area contributed by atoms with Crippen molar-refractivity contribution in [3.8, 4) is 0 Å². The lowest BCUT2D eigenvalue weighted by Crippen LogP contribution is -2.45. The van der Waals surface area contributed by atoms with Crippen LogP contribution >= 0.6 is 15.9 Å². The predicted molar refractivity (Wildman–Crippen MR) is 69.7 cm³/mol. The predicted octanol–water partition coefficient (Wildman–Crippen LogP) is 0.111. The fraction of sp³-hybridized carbons (Fsp3) is 0.500. The summed E-state index contributed by atoms with van der Waals surface area (Å²) in [5, 5.41) is 3.14. The average Bonchev–Trinajstić information content (AvgIpc) is 2.38. The molecule has 0 radical (unpaired) electrons. The molecule has 1 aromatic heterocycles. The molecule has 0 bridgehead atoms. The van der Waals surface area contributed by atoms with Crippen molar-refractivity contribution in [1.82, 2.24) is 15.0 Å². The second-order valence-electron chi connectivity index (χ2n) is 3.89. The lowest BCUT2D eigenvalue weighted by atomic mass is 10.3. The highest BCUT2D eigenvalue weighted by Gasteiger charge is 2.19. The van der Waals surface area contributed by atoms with Gasteiger partial charge in [-0.15, -0.1) is 0 Å². The molecule has 1 unspecified atom stereocenters. The molecule has 18 heavy (non-hydrogen) atoms. The smallest absolute Gasteiger partial charge is 0.242 e. The lowest BCUT2D eigenvalue weighted by molar-refractivity contribution is 0.0324. The average molecular weight is 336 g/mol. The minimum absolute atomic E-state index is 0.131. The van der Waals surface area contributed by atoms with Crippen LogP contribution in [0.15, 0.2) is 27.8 Å². The summed E-state index contributed by atoms with van der Waals surface area (Å²) in [5.41, 5.74) is 0. The van der Waals surface area contributed by atoms with Crippen molar-refractivity contribution in [3.05, 3.63) is 22.9 Å². The van der Waals surface area contributed by atoms with Gasteiger partial charge < -0.3 is 10.1 Å². The summed E-state index contributed by atoms with van der Waals surface area (Å²) >= 11 is 3.19. The van der Waals surface area contributed by atoms with E-state index in [1.54, 1.807) is 0 Å². The van der Waals surface area contributed by atoms with E-state index >= 15 is 0 Å². The molecule has 2 heterocycles. The van der Waals surface area contributed by atoms with Gasteiger partial charge >= 0.3 is 0 Å². The summed E-state index contributed by atoms with van der Waals surface area (Å²) in [6, 6.07) is 1.51. The Morgan fingerprint density at radius 2 is 2.39 bits per heavy atom. The second-order valence-corrected chi connectivity index (χ2v) is 6.57.